The van der Waals surface area contributed by atoms with Crippen LogP contribution in [-0.4, -0.2) is 35.9 Å². The number of ether oxygens (including phenoxy) is 5. The first-order valence-electron chi connectivity index (χ1n) is 13.9. The summed E-state index contributed by atoms with van der Waals surface area (Å²) in [5.74, 6) is -0.676. The molecule has 2 aliphatic heterocycles. The third-order valence-electron chi connectivity index (χ3n) is 6.86. The van der Waals surface area contributed by atoms with Crippen molar-refractivity contribution in [2.45, 2.75) is 26.8 Å². The van der Waals surface area contributed by atoms with Crippen molar-refractivity contribution in [1.29, 1.82) is 0 Å². The summed E-state index contributed by atoms with van der Waals surface area (Å²) in [5, 5.41) is 0. The average molecular weight is 627 g/mol. The Balaban J connectivity index is 1.58. The van der Waals surface area contributed by atoms with Crippen LogP contribution in [0, 0.1) is 0 Å². The van der Waals surface area contributed by atoms with Gasteiger partial charge in [0.05, 0.1) is 28.5 Å². The van der Waals surface area contributed by atoms with Crippen LogP contribution in [0.1, 0.15) is 43.5 Å². The maximum absolute atomic E-state index is 14.2. The summed E-state index contributed by atoms with van der Waals surface area (Å²) in [5.41, 5.74) is 1.95. The standard InChI is InChI=1S/C33H26N2O9S/c1-4-40-32(39)28-29(21-8-6-5-7-9-21)34-33-35(30(28)22-11-13-23-25(16-22)42-17-41-23)31(38)27(45-33)15-20-10-12-24(43-18(2)36)26(14-20)44-19(3)37/h5-16,30H,4,17H2,1-3H3/b27-15-. The fourth-order valence-corrected chi connectivity index (χ4v) is 6.08. The lowest BCUT2D eigenvalue weighted by atomic mass is 9.93. The van der Waals surface area contributed by atoms with Crippen molar-refractivity contribution in [3.05, 3.63) is 109 Å². The van der Waals surface area contributed by atoms with E-state index in [1.54, 1.807) is 37.3 Å². The van der Waals surface area contributed by atoms with Gasteiger partial charge < -0.3 is 23.7 Å². The second-order valence-corrected chi connectivity index (χ2v) is 10.9. The van der Waals surface area contributed by atoms with Crippen molar-refractivity contribution in [2.75, 3.05) is 13.4 Å². The Morgan fingerprint density at radius 2 is 1.69 bits per heavy atom. The van der Waals surface area contributed by atoms with Crippen molar-refractivity contribution in [3.8, 4) is 23.0 Å². The molecule has 45 heavy (non-hydrogen) atoms. The molecule has 1 unspecified atom stereocenters. The molecule has 4 aromatic rings. The van der Waals surface area contributed by atoms with Gasteiger partial charge in [-0.1, -0.05) is 53.8 Å². The van der Waals surface area contributed by atoms with E-state index in [4.69, 9.17) is 28.7 Å². The zero-order chi connectivity index (χ0) is 31.7. The van der Waals surface area contributed by atoms with Crippen LogP contribution < -0.4 is 33.8 Å². The minimum absolute atomic E-state index is 0.0217. The zero-order valence-electron chi connectivity index (χ0n) is 24.4. The number of thiazole rings is 1. The first-order chi connectivity index (χ1) is 21.7. The zero-order valence-corrected chi connectivity index (χ0v) is 25.2. The lowest BCUT2D eigenvalue weighted by Gasteiger charge is -2.26. The van der Waals surface area contributed by atoms with Gasteiger partial charge in [0.15, 0.2) is 27.8 Å². The Morgan fingerprint density at radius 3 is 2.42 bits per heavy atom. The van der Waals surface area contributed by atoms with Crippen LogP contribution in [-0.2, 0) is 19.1 Å². The number of hydrogen-bond acceptors (Lipinski definition) is 11. The molecule has 0 spiro atoms. The third kappa shape index (κ3) is 5.87. The summed E-state index contributed by atoms with van der Waals surface area (Å²) in [4.78, 5) is 56.3. The Labute approximate surface area is 260 Å². The summed E-state index contributed by atoms with van der Waals surface area (Å²) in [6.45, 7) is 4.35. The molecule has 3 heterocycles. The average Bonchev–Trinajstić information content (AvgIpc) is 3.61. The van der Waals surface area contributed by atoms with Crippen LogP contribution in [0.2, 0.25) is 0 Å². The molecule has 12 heteroatoms. The molecule has 0 saturated heterocycles. The van der Waals surface area contributed by atoms with Crippen LogP contribution in [0.4, 0.5) is 0 Å². The number of nitrogens with zero attached hydrogens (tertiary/aromatic N) is 2. The molecule has 1 atom stereocenters. The Bertz CT molecular complexity index is 2060. The van der Waals surface area contributed by atoms with Gasteiger partial charge in [0.1, 0.15) is 0 Å². The van der Waals surface area contributed by atoms with E-state index < -0.39 is 29.5 Å². The highest BCUT2D eigenvalue weighted by atomic mass is 32.1. The van der Waals surface area contributed by atoms with Gasteiger partial charge in [0, 0.05) is 19.4 Å². The molecule has 6 rings (SSSR count). The third-order valence-corrected chi connectivity index (χ3v) is 7.84. The highest BCUT2D eigenvalue weighted by Crippen LogP contribution is 2.40. The molecule has 0 N–H and O–H groups in total. The van der Waals surface area contributed by atoms with Gasteiger partial charge in [-0.25, -0.2) is 9.79 Å². The quantitative estimate of drug-likeness (QED) is 0.223. The van der Waals surface area contributed by atoms with Crippen LogP contribution in [0.5, 0.6) is 23.0 Å². The van der Waals surface area contributed by atoms with E-state index in [2.05, 4.69) is 0 Å². The van der Waals surface area contributed by atoms with E-state index in [0.717, 1.165) is 11.3 Å². The monoisotopic (exact) mass is 626 g/mol. The number of fused-ring (bicyclic) bond motifs is 2. The topological polar surface area (TPSA) is 132 Å². The summed E-state index contributed by atoms with van der Waals surface area (Å²) in [6, 6.07) is 18.2. The van der Waals surface area contributed by atoms with Crippen LogP contribution in [0.25, 0.3) is 11.8 Å². The highest BCUT2D eigenvalue weighted by molar-refractivity contribution is 7.07. The fraction of sp³-hybridized carbons (Fsp3) is 0.182. The van der Waals surface area contributed by atoms with Crippen molar-refractivity contribution in [1.82, 2.24) is 4.57 Å². The molecule has 0 radical (unpaired) electrons. The van der Waals surface area contributed by atoms with E-state index in [1.807, 2.05) is 30.3 Å². The van der Waals surface area contributed by atoms with E-state index >= 15 is 0 Å². The predicted octanol–water partition coefficient (Wildman–Crippen LogP) is 3.51. The molecule has 228 valence electrons. The Morgan fingerprint density at radius 1 is 0.956 bits per heavy atom. The predicted molar refractivity (Wildman–Crippen MR) is 163 cm³/mol. The molecule has 0 amide bonds. The number of rotatable bonds is 7. The maximum atomic E-state index is 14.2. The molecule has 0 saturated carbocycles. The molecule has 2 aliphatic rings. The van der Waals surface area contributed by atoms with Gasteiger partial charge in [-0.2, -0.15) is 0 Å². The van der Waals surface area contributed by atoms with Crippen molar-refractivity contribution >= 4 is 41.0 Å². The van der Waals surface area contributed by atoms with Gasteiger partial charge >= 0.3 is 17.9 Å². The normalized spacial score (nSPS) is 15.3. The van der Waals surface area contributed by atoms with E-state index in [1.165, 1.54) is 30.5 Å². The van der Waals surface area contributed by atoms with Gasteiger partial charge in [-0.15, -0.1) is 0 Å². The number of hydrogen-bond donors (Lipinski definition) is 0. The second kappa shape index (κ2) is 12.2. The van der Waals surface area contributed by atoms with E-state index in [9.17, 15) is 19.2 Å². The summed E-state index contributed by atoms with van der Waals surface area (Å²) >= 11 is 1.13. The molecule has 0 fully saturated rings. The van der Waals surface area contributed by atoms with Crippen molar-refractivity contribution in [2.24, 2.45) is 4.99 Å². The Kier molecular flexibility index (Phi) is 8.05. The van der Waals surface area contributed by atoms with Crippen LogP contribution >= 0.6 is 11.3 Å². The van der Waals surface area contributed by atoms with Gasteiger partial charge in [0.25, 0.3) is 5.56 Å². The van der Waals surface area contributed by atoms with Crippen molar-refractivity contribution < 1.29 is 38.1 Å². The maximum Gasteiger partial charge on any atom is 0.338 e. The number of esters is 3. The molecular formula is C33H26N2O9S. The largest absolute Gasteiger partial charge is 0.463 e. The SMILES string of the molecule is CCOC(=O)C1=C(c2ccccc2)N=c2s/c(=C\c3ccc(OC(C)=O)c(OC(C)=O)c3)c(=O)n2C1c1ccc2c(c1)OCO2. The van der Waals surface area contributed by atoms with E-state index in [-0.39, 0.29) is 30.5 Å². The van der Waals surface area contributed by atoms with Gasteiger partial charge in [-0.05, 0) is 48.4 Å². The lowest BCUT2D eigenvalue weighted by molar-refractivity contribution is -0.139. The Hall–Kier alpha value is -5.49. The summed E-state index contributed by atoms with van der Waals surface area (Å²) < 4.78 is 28.8. The first-order valence-corrected chi connectivity index (χ1v) is 14.7. The summed E-state index contributed by atoms with van der Waals surface area (Å²) in [7, 11) is 0. The minimum atomic E-state index is -0.907. The summed E-state index contributed by atoms with van der Waals surface area (Å²) in [6.07, 6.45) is 1.61. The van der Waals surface area contributed by atoms with E-state index in [0.29, 0.717) is 43.2 Å². The number of aromatic nitrogens is 1. The van der Waals surface area contributed by atoms with Gasteiger partial charge in [-0.3, -0.25) is 19.0 Å². The second-order valence-electron chi connectivity index (χ2n) is 9.94. The van der Waals surface area contributed by atoms with Crippen molar-refractivity contribution in [3.63, 3.8) is 0 Å². The molecule has 0 aliphatic carbocycles. The van der Waals surface area contributed by atoms with Crippen LogP contribution in [0.15, 0.2) is 82.1 Å². The van der Waals surface area contributed by atoms with Gasteiger partial charge in [0.2, 0.25) is 6.79 Å². The number of benzene rings is 3. The van der Waals surface area contributed by atoms with Crippen LogP contribution in [0.3, 0.4) is 0 Å². The first kappa shape index (κ1) is 29.6. The number of carbonyl (C=O) groups excluding carboxylic acids is 3. The molecule has 1 aromatic heterocycles. The fourth-order valence-electron chi connectivity index (χ4n) is 5.08. The minimum Gasteiger partial charge on any atom is -0.463 e. The lowest BCUT2D eigenvalue weighted by Crippen LogP contribution is -2.40. The molecule has 3 aromatic carbocycles. The molecule has 11 nitrogen and oxygen atoms in total. The molecular weight excluding hydrogens is 600 g/mol. The number of carbonyl (C=O) groups is 3. The smallest absolute Gasteiger partial charge is 0.338 e. The highest BCUT2D eigenvalue weighted by Gasteiger charge is 2.36. The molecule has 0 bridgehead atoms.